The van der Waals surface area contributed by atoms with Gasteiger partial charge in [0.05, 0.1) is 0 Å². The Morgan fingerprint density at radius 1 is 1.14 bits per heavy atom. The number of likely N-dealkylation sites (tertiary alicyclic amines) is 1. The Morgan fingerprint density at radius 3 is 2.52 bits per heavy atom. The summed E-state index contributed by atoms with van der Waals surface area (Å²) in [4.78, 5) is 28.2. The first-order valence-electron chi connectivity index (χ1n) is 10.6. The minimum atomic E-state index is -0.912. The topological polar surface area (TPSA) is 52.7 Å². The Hall–Kier alpha value is -2.02. The van der Waals surface area contributed by atoms with Crippen molar-refractivity contribution < 1.29 is 18.4 Å². The molecular weight excluding hydrogens is 376 g/mol. The predicted molar refractivity (Wildman–Crippen MR) is 109 cm³/mol. The molecule has 1 saturated heterocycles. The van der Waals surface area contributed by atoms with E-state index in [2.05, 4.69) is 10.2 Å². The van der Waals surface area contributed by atoms with Gasteiger partial charge in [-0.25, -0.2) is 8.78 Å². The van der Waals surface area contributed by atoms with Gasteiger partial charge in [-0.05, 0) is 49.8 Å². The number of carbonyl (C=O) groups is 2. The highest BCUT2D eigenvalue weighted by atomic mass is 19.2. The molecule has 1 aromatic rings. The lowest BCUT2D eigenvalue weighted by molar-refractivity contribution is -0.122. The number of nitrogens with one attached hydrogen (secondary N) is 1. The van der Waals surface area contributed by atoms with Gasteiger partial charge in [0.15, 0.2) is 11.6 Å². The normalized spacial score (nSPS) is 18.2. The van der Waals surface area contributed by atoms with Crippen molar-refractivity contribution in [3.63, 3.8) is 0 Å². The van der Waals surface area contributed by atoms with Crippen LogP contribution in [0.1, 0.15) is 51.5 Å². The van der Waals surface area contributed by atoms with Gasteiger partial charge in [0.1, 0.15) is 0 Å². The molecule has 0 saturated carbocycles. The molecule has 0 bridgehead atoms. The summed E-state index contributed by atoms with van der Waals surface area (Å²) in [7, 11) is 0. The van der Waals surface area contributed by atoms with Gasteiger partial charge in [-0.1, -0.05) is 13.8 Å². The standard InChI is InChI=1S/C22H31F2N3O2/c1-15(2)12-21(28)25-17-6-10-26(11-7-17)8-3-9-27-20-14-19(24)18(23)13-16(20)4-5-22(27)29/h13-15,17H,3-12H2,1-2H3,(H,25,28). The van der Waals surface area contributed by atoms with Gasteiger partial charge in [0.2, 0.25) is 11.8 Å². The third-order valence-corrected chi connectivity index (χ3v) is 5.72. The minimum absolute atomic E-state index is 0.0323. The second-order valence-electron chi connectivity index (χ2n) is 8.58. The van der Waals surface area contributed by atoms with E-state index in [0.29, 0.717) is 43.0 Å². The van der Waals surface area contributed by atoms with Crippen LogP contribution >= 0.6 is 0 Å². The maximum atomic E-state index is 13.7. The minimum Gasteiger partial charge on any atom is -0.353 e. The van der Waals surface area contributed by atoms with Crippen molar-refractivity contribution in [3.8, 4) is 0 Å². The first-order valence-corrected chi connectivity index (χ1v) is 10.6. The van der Waals surface area contributed by atoms with Gasteiger partial charge in [-0.15, -0.1) is 0 Å². The molecule has 2 aliphatic rings. The van der Waals surface area contributed by atoms with Crippen LogP contribution in [0, 0.1) is 17.6 Å². The summed E-state index contributed by atoms with van der Waals surface area (Å²) in [6, 6.07) is 2.60. The van der Waals surface area contributed by atoms with Crippen molar-refractivity contribution in [3.05, 3.63) is 29.3 Å². The van der Waals surface area contributed by atoms with Crippen molar-refractivity contribution >= 4 is 17.5 Å². The lowest BCUT2D eigenvalue weighted by Gasteiger charge is -2.34. The second kappa shape index (κ2) is 9.65. The van der Waals surface area contributed by atoms with Gasteiger partial charge in [0.25, 0.3) is 0 Å². The third kappa shape index (κ3) is 5.75. The summed E-state index contributed by atoms with van der Waals surface area (Å²) in [5.74, 6) is -1.31. The lowest BCUT2D eigenvalue weighted by atomic mass is 10.0. The van der Waals surface area contributed by atoms with E-state index in [-0.39, 0.29) is 17.9 Å². The molecule has 0 radical (unpaired) electrons. The molecule has 0 atom stereocenters. The number of hydrogen-bond donors (Lipinski definition) is 1. The molecule has 2 amide bonds. The Labute approximate surface area is 171 Å². The Bertz CT molecular complexity index is 746. The molecule has 0 spiro atoms. The molecule has 0 unspecified atom stereocenters. The average molecular weight is 408 g/mol. The van der Waals surface area contributed by atoms with Gasteiger partial charge in [-0.2, -0.15) is 0 Å². The highest BCUT2D eigenvalue weighted by molar-refractivity contribution is 5.96. The zero-order valence-electron chi connectivity index (χ0n) is 17.3. The van der Waals surface area contributed by atoms with Gasteiger partial charge in [-0.3, -0.25) is 9.59 Å². The largest absolute Gasteiger partial charge is 0.353 e. The first kappa shape index (κ1) is 21.7. The number of aryl methyl sites for hydroxylation is 1. The van der Waals surface area contributed by atoms with Crippen LogP contribution in [0.2, 0.25) is 0 Å². The number of hydrogen-bond acceptors (Lipinski definition) is 3. The fourth-order valence-corrected chi connectivity index (χ4v) is 4.20. The first-order chi connectivity index (χ1) is 13.8. The van der Waals surface area contributed by atoms with Gasteiger partial charge >= 0.3 is 0 Å². The maximum Gasteiger partial charge on any atom is 0.227 e. The summed E-state index contributed by atoms with van der Waals surface area (Å²) < 4.78 is 27.2. The summed E-state index contributed by atoms with van der Waals surface area (Å²) in [6.07, 6.45) is 3.99. The number of anilines is 1. The Morgan fingerprint density at radius 2 is 1.83 bits per heavy atom. The Balaban J connectivity index is 1.45. The quantitative estimate of drug-likeness (QED) is 0.755. The molecule has 7 heteroatoms. The smallest absolute Gasteiger partial charge is 0.227 e. The van der Waals surface area contributed by atoms with Crippen LogP contribution < -0.4 is 10.2 Å². The molecule has 29 heavy (non-hydrogen) atoms. The number of nitrogens with zero attached hydrogens (tertiary/aromatic N) is 2. The van der Waals surface area contributed by atoms with Crippen LogP contribution in [0.5, 0.6) is 0 Å². The number of fused-ring (bicyclic) bond motifs is 1. The number of halogens is 2. The zero-order chi connectivity index (χ0) is 21.0. The SMILES string of the molecule is CC(C)CC(=O)NC1CCN(CCCN2C(=O)CCc3cc(F)c(F)cc32)CC1. The molecule has 1 aromatic carbocycles. The van der Waals surface area contributed by atoms with E-state index in [4.69, 9.17) is 0 Å². The maximum absolute atomic E-state index is 13.7. The van der Waals surface area contributed by atoms with Gasteiger partial charge in [0, 0.05) is 50.3 Å². The molecule has 2 aliphatic heterocycles. The molecule has 1 fully saturated rings. The van der Waals surface area contributed by atoms with Crippen LogP contribution in [0.4, 0.5) is 14.5 Å². The van der Waals surface area contributed by atoms with Gasteiger partial charge < -0.3 is 15.1 Å². The van der Waals surface area contributed by atoms with E-state index in [1.54, 1.807) is 4.90 Å². The van der Waals surface area contributed by atoms with Crippen molar-refractivity contribution in [1.82, 2.24) is 10.2 Å². The summed E-state index contributed by atoms with van der Waals surface area (Å²) in [5.41, 5.74) is 1.20. The third-order valence-electron chi connectivity index (χ3n) is 5.72. The zero-order valence-corrected chi connectivity index (χ0v) is 17.3. The molecule has 2 heterocycles. The van der Waals surface area contributed by atoms with Crippen LogP contribution in [0.15, 0.2) is 12.1 Å². The van der Waals surface area contributed by atoms with Crippen molar-refractivity contribution in [1.29, 1.82) is 0 Å². The molecular formula is C22H31F2N3O2. The van der Waals surface area contributed by atoms with E-state index in [0.717, 1.165) is 45.0 Å². The number of rotatable bonds is 7. The van der Waals surface area contributed by atoms with Crippen molar-refractivity contribution in [2.75, 3.05) is 31.1 Å². The second-order valence-corrected chi connectivity index (χ2v) is 8.58. The molecule has 0 aliphatic carbocycles. The summed E-state index contributed by atoms with van der Waals surface area (Å²) >= 11 is 0. The highest BCUT2D eigenvalue weighted by Crippen LogP contribution is 2.30. The molecule has 0 aromatic heterocycles. The molecule has 1 N–H and O–H groups in total. The number of benzene rings is 1. The lowest BCUT2D eigenvalue weighted by Crippen LogP contribution is -2.45. The Kier molecular flexibility index (Phi) is 7.22. The van der Waals surface area contributed by atoms with Crippen LogP contribution in [-0.4, -0.2) is 48.9 Å². The predicted octanol–water partition coefficient (Wildman–Crippen LogP) is 3.26. The van der Waals surface area contributed by atoms with Crippen LogP contribution in [0.3, 0.4) is 0 Å². The van der Waals surface area contributed by atoms with E-state index in [1.807, 2.05) is 13.8 Å². The van der Waals surface area contributed by atoms with E-state index in [1.165, 1.54) is 6.07 Å². The van der Waals surface area contributed by atoms with E-state index in [9.17, 15) is 18.4 Å². The molecule has 5 nitrogen and oxygen atoms in total. The summed E-state index contributed by atoms with van der Waals surface area (Å²) in [5, 5.41) is 3.12. The number of amides is 2. The van der Waals surface area contributed by atoms with E-state index >= 15 is 0 Å². The fraction of sp³-hybridized carbons (Fsp3) is 0.636. The van der Waals surface area contributed by atoms with Crippen molar-refractivity contribution in [2.24, 2.45) is 5.92 Å². The monoisotopic (exact) mass is 407 g/mol. The fourth-order valence-electron chi connectivity index (χ4n) is 4.20. The van der Waals surface area contributed by atoms with Crippen molar-refractivity contribution in [2.45, 2.75) is 58.4 Å². The number of piperidine rings is 1. The van der Waals surface area contributed by atoms with E-state index < -0.39 is 11.6 Å². The average Bonchev–Trinajstić information content (AvgIpc) is 2.66. The number of carbonyl (C=O) groups excluding carboxylic acids is 2. The van der Waals surface area contributed by atoms with Crippen LogP contribution in [0.25, 0.3) is 0 Å². The summed E-state index contributed by atoms with van der Waals surface area (Å²) in [6.45, 7) is 7.25. The van der Waals surface area contributed by atoms with Crippen LogP contribution in [-0.2, 0) is 16.0 Å². The molecule has 3 rings (SSSR count). The molecule has 160 valence electrons. The highest BCUT2D eigenvalue weighted by Gasteiger charge is 2.26.